The number of benzene rings is 10. The first-order valence-electron chi connectivity index (χ1n) is 19.8. The number of rotatable bonds is 7. The largest absolute Gasteiger partial charge is 0.455 e. The zero-order chi connectivity index (χ0) is 38.4. The fourth-order valence-corrected chi connectivity index (χ4v) is 8.68. The molecule has 0 aliphatic rings. The highest BCUT2D eigenvalue weighted by Gasteiger charge is 2.20. The average Bonchev–Trinajstić information content (AvgIpc) is 3.69. The van der Waals surface area contributed by atoms with Gasteiger partial charge in [0.05, 0.1) is 5.69 Å². The van der Waals surface area contributed by atoms with E-state index in [9.17, 15) is 0 Å². The van der Waals surface area contributed by atoms with Crippen LogP contribution in [0.4, 0.5) is 17.1 Å². The highest BCUT2D eigenvalue weighted by atomic mass is 16.3. The molecule has 272 valence electrons. The third kappa shape index (κ3) is 5.82. The maximum atomic E-state index is 6.51. The fraction of sp³-hybridized carbons (Fsp3) is 0. The second kappa shape index (κ2) is 14.1. The molecule has 0 spiro atoms. The van der Waals surface area contributed by atoms with Gasteiger partial charge in [-0.2, -0.15) is 0 Å². The third-order valence-corrected chi connectivity index (χ3v) is 11.5. The van der Waals surface area contributed by atoms with Crippen LogP contribution in [-0.2, 0) is 0 Å². The molecular weight excluding hydrogens is 703 g/mol. The summed E-state index contributed by atoms with van der Waals surface area (Å²) in [4.78, 5) is 2.39. The van der Waals surface area contributed by atoms with Gasteiger partial charge in [0.2, 0.25) is 0 Å². The zero-order valence-corrected chi connectivity index (χ0v) is 31.7. The highest BCUT2D eigenvalue weighted by molar-refractivity contribution is 6.18. The lowest BCUT2D eigenvalue weighted by molar-refractivity contribution is 0.672. The summed E-state index contributed by atoms with van der Waals surface area (Å²) in [6.45, 7) is 0. The van der Waals surface area contributed by atoms with Gasteiger partial charge in [0.15, 0.2) is 0 Å². The standard InChI is InChI=1S/C56H37NO/c1-2-13-38(14-3-1)39-27-31-44(32-28-39)57(45-33-29-40(30-34-45)42-17-10-18-43(37-42)47-22-11-16-41-15-4-5-19-46(41)47)54-25-8-6-20-50(54)48-23-12-24-52-49(48)35-36-53-51-21-7-9-26-55(51)58-56(52)53/h1-37H. The van der Waals surface area contributed by atoms with E-state index in [0.29, 0.717) is 0 Å². The van der Waals surface area contributed by atoms with Crippen LogP contribution in [0.3, 0.4) is 0 Å². The molecular formula is C56H37NO. The van der Waals surface area contributed by atoms with E-state index in [2.05, 4.69) is 217 Å². The first-order chi connectivity index (χ1) is 28.8. The molecule has 0 aliphatic carbocycles. The molecule has 11 rings (SSSR count). The Morgan fingerprint density at radius 1 is 0.293 bits per heavy atom. The van der Waals surface area contributed by atoms with Crippen molar-refractivity contribution in [1.82, 2.24) is 0 Å². The predicted octanol–water partition coefficient (Wildman–Crippen LogP) is 16.0. The van der Waals surface area contributed by atoms with E-state index in [4.69, 9.17) is 4.42 Å². The van der Waals surface area contributed by atoms with Crippen molar-refractivity contribution in [2.24, 2.45) is 0 Å². The number of anilines is 3. The molecule has 0 radical (unpaired) electrons. The van der Waals surface area contributed by atoms with Gasteiger partial charge in [-0.3, -0.25) is 0 Å². The van der Waals surface area contributed by atoms with E-state index in [1.54, 1.807) is 0 Å². The van der Waals surface area contributed by atoms with Crippen LogP contribution in [0.15, 0.2) is 229 Å². The van der Waals surface area contributed by atoms with Crippen LogP contribution in [0, 0.1) is 0 Å². The number of furan rings is 1. The maximum absolute atomic E-state index is 6.51. The minimum atomic E-state index is 0.907. The van der Waals surface area contributed by atoms with Crippen molar-refractivity contribution in [2.45, 2.75) is 0 Å². The lowest BCUT2D eigenvalue weighted by atomic mass is 9.94. The molecule has 0 saturated carbocycles. The number of nitrogens with zero attached hydrogens (tertiary/aromatic N) is 1. The first-order valence-corrected chi connectivity index (χ1v) is 19.8. The molecule has 2 heteroatoms. The molecule has 0 amide bonds. The number of para-hydroxylation sites is 2. The topological polar surface area (TPSA) is 16.4 Å². The number of hydrogen-bond acceptors (Lipinski definition) is 2. The first kappa shape index (κ1) is 33.6. The summed E-state index contributed by atoms with van der Waals surface area (Å²) in [7, 11) is 0. The molecule has 1 aromatic heterocycles. The van der Waals surface area contributed by atoms with Crippen LogP contribution in [0.5, 0.6) is 0 Å². The Kier molecular flexibility index (Phi) is 8.19. The Bertz CT molecular complexity index is 3260. The number of hydrogen-bond donors (Lipinski definition) is 0. The minimum Gasteiger partial charge on any atom is -0.455 e. The van der Waals surface area contributed by atoms with E-state index < -0.39 is 0 Å². The minimum absolute atomic E-state index is 0.907. The molecule has 0 aliphatic heterocycles. The zero-order valence-electron chi connectivity index (χ0n) is 31.7. The second-order valence-electron chi connectivity index (χ2n) is 14.9. The van der Waals surface area contributed by atoms with Gasteiger partial charge in [-0.25, -0.2) is 0 Å². The summed E-state index contributed by atoms with van der Waals surface area (Å²) in [6, 6.07) is 80.7. The van der Waals surface area contributed by atoms with Crippen LogP contribution in [0.25, 0.3) is 88.0 Å². The van der Waals surface area contributed by atoms with Gasteiger partial charge in [-0.1, -0.05) is 176 Å². The summed E-state index contributed by atoms with van der Waals surface area (Å²) >= 11 is 0. The lowest BCUT2D eigenvalue weighted by Gasteiger charge is -2.28. The van der Waals surface area contributed by atoms with Crippen LogP contribution in [0.1, 0.15) is 0 Å². The van der Waals surface area contributed by atoms with Crippen molar-refractivity contribution in [2.75, 3.05) is 4.90 Å². The molecule has 0 atom stereocenters. The molecule has 0 unspecified atom stereocenters. The molecule has 11 aromatic rings. The second-order valence-corrected chi connectivity index (χ2v) is 14.9. The molecule has 10 aromatic carbocycles. The Morgan fingerprint density at radius 2 is 0.810 bits per heavy atom. The Balaban J connectivity index is 1.04. The summed E-state index contributed by atoms with van der Waals surface area (Å²) in [5.41, 5.74) is 14.6. The van der Waals surface area contributed by atoms with Gasteiger partial charge in [0.1, 0.15) is 11.2 Å². The third-order valence-electron chi connectivity index (χ3n) is 11.5. The Morgan fingerprint density at radius 3 is 1.64 bits per heavy atom. The van der Waals surface area contributed by atoms with Crippen LogP contribution in [0.2, 0.25) is 0 Å². The number of fused-ring (bicyclic) bond motifs is 6. The van der Waals surface area contributed by atoms with Gasteiger partial charge < -0.3 is 9.32 Å². The summed E-state index contributed by atoms with van der Waals surface area (Å²) < 4.78 is 6.51. The van der Waals surface area contributed by atoms with Crippen molar-refractivity contribution in [3.05, 3.63) is 224 Å². The van der Waals surface area contributed by atoms with E-state index in [-0.39, 0.29) is 0 Å². The highest BCUT2D eigenvalue weighted by Crippen LogP contribution is 2.45. The summed E-state index contributed by atoms with van der Waals surface area (Å²) in [5, 5.41) is 7.05. The smallest absolute Gasteiger partial charge is 0.143 e. The quantitative estimate of drug-likeness (QED) is 0.162. The molecule has 0 fully saturated rings. The summed E-state index contributed by atoms with van der Waals surface area (Å²) in [6.07, 6.45) is 0. The van der Waals surface area contributed by atoms with E-state index in [0.717, 1.165) is 60.9 Å². The Hall–Kier alpha value is -7.68. The molecule has 58 heavy (non-hydrogen) atoms. The van der Waals surface area contributed by atoms with Crippen molar-refractivity contribution < 1.29 is 4.42 Å². The predicted molar refractivity (Wildman–Crippen MR) is 245 cm³/mol. The fourth-order valence-electron chi connectivity index (χ4n) is 8.68. The van der Waals surface area contributed by atoms with Crippen molar-refractivity contribution in [3.8, 4) is 44.5 Å². The van der Waals surface area contributed by atoms with Gasteiger partial charge in [-0.05, 0) is 104 Å². The van der Waals surface area contributed by atoms with Crippen LogP contribution in [-0.4, -0.2) is 0 Å². The SMILES string of the molecule is c1ccc(-c2ccc(N(c3ccc(-c4cccc(-c5cccc6ccccc56)c4)cc3)c3ccccc3-c3cccc4c3ccc3c5ccccc5oc43)cc2)cc1. The van der Waals surface area contributed by atoms with E-state index in [1.807, 2.05) is 12.1 Å². The normalized spacial score (nSPS) is 11.4. The van der Waals surface area contributed by atoms with Gasteiger partial charge in [0, 0.05) is 33.1 Å². The molecule has 0 saturated heterocycles. The monoisotopic (exact) mass is 739 g/mol. The van der Waals surface area contributed by atoms with Crippen LogP contribution < -0.4 is 4.90 Å². The molecule has 0 bridgehead atoms. The van der Waals surface area contributed by atoms with Crippen LogP contribution >= 0.6 is 0 Å². The van der Waals surface area contributed by atoms with Gasteiger partial charge in [0.25, 0.3) is 0 Å². The molecule has 0 N–H and O–H groups in total. The maximum Gasteiger partial charge on any atom is 0.143 e. The summed E-state index contributed by atoms with van der Waals surface area (Å²) in [5.74, 6) is 0. The molecule has 2 nitrogen and oxygen atoms in total. The average molecular weight is 740 g/mol. The van der Waals surface area contributed by atoms with Crippen molar-refractivity contribution in [3.63, 3.8) is 0 Å². The van der Waals surface area contributed by atoms with Crippen molar-refractivity contribution >= 4 is 60.5 Å². The van der Waals surface area contributed by atoms with E-state index >= 15 is 0 Å². The van der Waals surface area contributed by atoms with Crippen molar-refractivity contribution in [1.29, 1.82) is 0 Å². The van der Waals surface area contributed by atoms with E-state index in [1.165, 1.54) is 44.2 Å². The Labute approximate surface area is 337 Å². The van der Waals surface area contributed by atoms with Gasteiger partial charge >= 0.3 is 0 Å². The molecule has 1 heterocycles. The van der Waals surface area contributed by atoms with Gasteiger partial charge in [-0.15, -0.1) is 0 Å². The lowest BCUT2D eigenvalue weighted by Crippen LogP contribution is -2.11.